The molecule has 0 saturated carbocycles. The van der Waals surface area contributed by atoms with Gasteiger partial charge in [-0.25, -0.2) is 32.2 Å². The van der Waals surface area contributed by atoms with Crippen LogP contribution in [0, 0.1) is 17.6 Å². The standard InChI is InChI=1S/C29H30F2N6O5S/c1-17(18(2)38)29(39)37-10-8-36(9-11-37)27-22-12-19(4-6-24(22)33-16-34-27)20-13-25(28(42-3)32-15-20)35-43(40,41)26-7-5-21(30)14-23(26)31/h4-7,12-18,35,38H,8-11H2,1-3H3. The smallest absolute Gasteiger partial charge is 0.264 e. The van der Waals surface area contributed by atoms with Gasteiger partial charge in [-0.3, -0.25) is 9.52 Å². The van der Waals surface area contributed by atoms with Crippen molar-refractivity contribution >= 4 is 38.3 Å². The summed E-state index contributed by atoms with van der Waals surface area (Å²) in [6, 6.07) is 9.15. The van der Waals surface area contributed by atoms with Crippen LogP contribution in [-0.4, -0.2) is 78.7 Å². The number of nitrogens with zero attached hydrogens (tertiary/aromatic N) is 5. The molecule has 3 heterocycles. The number of piperazine rings is 1. The molecule has 0 radical (unpaired) electrons. The van der Waals surface area contributed by atoms with Crippen molar-refractivity contribution in [3.63, 3.8) is 0 Å². The lowest BCUT2D eigenvalue weighted by molar-refractivity contribution is -0.138. The van der Waals surface area contributed by atoms with E-state index in [1.54, 1.807) is 24.8 Å². The third-order valence-electron chi connectivity index (χ3n) is 7.42. The number of rotatable bonds is 8. The number of halogens is 2. The zero-order chi connectivity index (χ0) is 30.9. The summed E-state index contributed by atoms with van der Waals surface area (Å²) in [5.41, 5.74) is 1.84. The minimum atomic E-state index is -4.45. The zero-order valence-corrected chi connectivity index (χ0v) is 24.5. The van der Waals surface area contributed by atoms with Crippen molar-refractivity contribution in [2.24, 2.45) is 5.92 Å². The molecule has 0 bridgehead atoms. The van der Waals surface area contributed by atoms with Crippen LogP contribution in [0.15, 0.2) is 59.9 Å². The summed E-state index contributed by atoms with van der Waals surface area (Å²) in [7, 11) is -3.13. The number of fused-ring (bicyclic) bond motifs is 1. The monoisotopic (exact) mass is 612 g/mol. The number of aromatic nitrogens is 3. The fraction of sp³-hybridized carbons (Fsp3) is 0.310. The van der Waals surface area contributed by atoms with Crippen molar-refractivity contribution in [3.8, 4) is 17.0 Å². The maximum atomic E-state index is 14.3. The van der Waals surface area contributed by atoms with Crippen LogP contribution in [0.4, 0.5) is 20.3 Å². The Labute approximate surface area is 247 Å². The third-order valence-corrected chi connectivity index (χ3v) is 8.82. The SMILES string of the molecule is COc1ncc(-c2ccc3ncnc(N4CCN(C(=O)C(C)C(C)O)CC4)c3c2)cc1NS(=O)(=O)c1ccc(F)cc1F. The van der Waals surface area contributed by atoms with Gasteiger partial charge in [0.1, 0.15) is 34.4 Å². The number of methoxy groups -OCH3 is 1. The van der Waals surface area contributed by atoms with Crippen molar-refractivity contribution in [2.75, 3.05) is 42.9 Å². The Morgan fingerprint density at radius 3 is 2.42 bits per heavy atom. The minimum absolute atomic E-state index is 0.0411. The van der Waals surface area contributed by atoms with Crippen LogP contribution in [0.2, 0.25) is 0 Å². The highest BCUT2D eigenvalue weighted by atomic mass is 32.2. The molecular weight excluding hydrogens is 582 g/mol. The summed E-state index contributed by atoms with van der Waals surface area (Å²) in [6.45, 7) is 5.33. The van der Waals surface area contributed by atoms with Crippen LogP contribution in [-0.2, 0) is 14.8 Å². The maximum absolute atomic E-state index is 14.3. The Balaban J connectivity index is 1.44. The number of hydrogen-bond acceptors (Lipinski definition) is 9. The maximum Gasteiger partial charge on any atom is 0.264 e. The second-order valence-electron chi connectivity index (χ2n) is 10.2. The fourth-order valence-corrected chi connectivity index (χ4v) is 5.95. The second kappa shape index (κ2) is 12.1. The first-order valence-corrected chi connectivity index (χ1v) is 15.0. The summed E-state index contributed by atoms with van der Waals surface area (Å²) in [6.07, 6.45) is 2.25. The van der Waals surface area contributed by atoms with E-state index in [0.717, 1.165) is 17.5 Å². The van der Waals surface area contributed by atoms with Crippen LogP contribution < -0.4 is 14.4 Å². The molecule has 11 nitrogen and oxygen atoms in total. The lowest BCUT2D eigenvalue weighted by atomic mass is 10.0. The molecule has 2 N–H and O–H groups in total. The first kappa shape index (κ1) is 30.0. The largest absolute Gasteiger partial charge is 0.480 e. The number of carbonyl (C=O) groups is 1. The number of sulfonamides is 1. The lowest BCUT2D eigenvalue weighted by Gasteiger charge is -2.37. The molecular formula is C29H30F2N6O5S. The van der Waals surface area contributed by atoms with E-state index in [1.807, 2.05) is 12.1 Å². The molecule has 14 heteroatoms. The number of aliphatic hydroxyl groups is 1. The summed E-state index contributed by atoms with van der Waals surface area (Å²) in [5, 5.41) is 10.6. The molecule has 0 spiro atoms. The molecule has 0 aliphatic carbocycles. The Morgan fingerprint density at radius 2 is 1.74 bits per heavy atom. The van der Waals surface area contributed by atoms with E-state index in [-0.39, 0.29) is 17.5 Å². The number of amides is 1. The molecule has 5 rings (SSSR count). The highest BCUT2D eigenvalue weighted by Crippen LogP contribution is 2.33. The van der Waals surface area contributed by atoms with Gasteiger partial charge in [-0.2, -0.15) is 0 Å². The van der Waals surface area contributed by atoms with E-state index < -0.39 is 38.6 Å². The average molecular weight is 613 g/mol. The summed E-state index contributed by atoms with van der Waals surface area (Å²) in [4.78, 5) is 28.9. The minimum Gasteiger partial charge on any atom is -0.480 e. The number of benzene rings is 2. The molecule has 43 heavy (non-hydrogen) atoms. The van der Waals surface area contributed by atoms with E-state index in [0.29, 0.717) is 54.7 Å². The van der Waals surface area contributed by atoms with Gasteiger partial charge < -0.3 is 19.6 Å². The van der Waals surface area contributed by atoms with Crippen molar-refractivity contribution in [2.45, 2.75) is 24.8 Å². The number of ether oxygens (including phenoxy) is 1. The molecule has 1 aliphatic heterocycles. The molecule has 2 aromatic heterocycles. The van der Waals surface area contributed by atoms with E-state index in [1.165, 1.54) is 25.7 Å². The Morgan fingerprint density at radius 1 is 1.00 bits per heavy atom. The van der Waals surface area contributed by atoms with E-state index in [2.05, 4.69) is 24.6 Å². The Bertz CT molecular complexity index is 1780. The van der Waals surface area contributed by atoms with Gasteiger partial charge in [0, 0.05) is 49.4 Å². The highest BCUT2D eigenvalue weighted by Gasteiger charge is 2.28. The van der Waals surface area contributed by atoms with Crippen LogP contribution in [0.25, 0.3) is 22.0 Å². The Hall–Kier alpha value is -4.43. The molecule has 2 unspecified atom stereocenters. The predicted octanol–water partition coefficient (Wildman–Crippen LogP) is 3.44. The van der Waals surface area contributed by atoms with Crippen LogP contribution in [0.1, 0.15) is 13.8 Å². The van der Waals surface area contributed by atoms with Crippen LogP contribution in [0.3, 0.4) is 0 Å². The fourth-order valence-electron chi connectivity index (χ4n) is 4.85. The highest BCUT2D eigenvalue weighted by molar-refractivity contribution is 7.92. The van der Waals surface area contributed by atoms with Gasteiger partial charge >= 0.3 is 0 Å². The molecule has 2 aromatic carbocycles. The van der Waals surface area contributed by atoms with Gasteiger partial charge in [0.15, 0.2) is 0 Å². The van der Waals surface area contributed by atoms with Gasteiger partial charge in [0.25, 0.3) is 10.0 Å². The lowest BCUT2D eigenvalue weighted by Crippen LogP contribution is -2.51. The molecule has 1 saturated heterocycles. The third kappa shape index (κ3) is 6.20. The normalized spacial score (nSPS) is 15.3. The Kier molecular flexibility index (Phi) is 8.42. The first-order chi connectivity index (χ1) is 20.5. The molecule has 1 aliphatic rings. The number of anilines is 2. The summed E-state index contributed by atoms with van der Waals surface area (Å²) < 4.78 is 61.1. The molecule has 226 valence electrons. The predicted molar refractivity (Wildman–Crippen MR) is 156 cm³/mol. The van der Waals surface area contributed by atoms with Gasteiger partial charge in [-0.15, -0.1) is 0 Å². The molecule has 1 fully saturated rings. The molecule has 1 amide bonds. The second-order valence-corrected chi connectivity index (χ2v) is 11.9. The zero-order valence-electron chi connectivity index (χ0n) is 23.7. The van der Waals surface area contributed by atoms with E-state index >= 15 is 0 Å². The summed E-state index contributed by atoms with van der Waals surface area (Å²) in [5.74, 6) is -2.09. The van der Waals surface area contributed by atoms with Crippen LogP contribution >= 0.6 is 0 Å². The van der Waals surface area contributed by atoms with E-state index in [9.17, 15) is 27.1 Å². The average Bonchev–Trinajstić information content (AvgIpc) is 2.99. The van der Waals surface area contributed by atoms with Gasteiger partial charge in [0.05, 0.1) is 24.6 Å². The van der Waals surface area contributed by atoms with Gasteiger partial charge in [-0.1, -0.05) is 13.0 Å². The van der Waals surface area contributed by atoms with Crippen molar-refractivity contribution in [3.05, 3.63) is 66.6 Å². The quantitative estimate of drug-likeness (QED) is 0.307. The number of carbonyl (C=O) groups excluding carboxylic acids is 1. The van der Waals surface area contributed by atoms with Gasteiger partial charge in [-0.05, 0) is 42.8 Å². The number of nitrogens with one attached hydrogen (secondary N) is 1. The topological polar surface area (TPSA) is 138 Å². The van der Waals surface area contributed by atoms with E-state index in [4.69, 9.17) is 4.74 Å². The molecule has 2 atom stereocenters. The number of pyridine rings is 1. The molecule has 4 aromatic rings. The first-order valence-electron chi connectivity index (χ1n) is 13.5. The summed E-state index contributed by atoms with van der Waals surface area (Å²) >= 11 is 0. The van der Waals surface area contributed by atoms with Crippen LogP contribution in [0.5, 0.6) is 5.88 Å². The van der Waals surface area contributed by atoms with Gasteiger partial charge in [0.2, 0.25) is 11.8 Å². The van der Waals surface area contributed by atoms with Crippen molar-refractivity contribution < 1.29 is 31.8 Å². The van der Waals surface area contributed by atoms with Crippen molar-refractivity contribution in [1.29, 1.82) is 0 Å². The van der Waals surface area contributed by atoms with Crippen molar-refractivity contribution in [1.82, 2.24) is 19.9 Å². The number of aliphatic hydroxyl groups excluding tert-OH is 1. The number of hydrogen-bond donors (Lipinski definition) is 2.